The number of rotatable bonds is 5. The SMILES string of the molecule is [C-]#[N+]c1cccc(-c2ccc3c(c2)c2ccccc2n3-c2cccc3c2C(=O)N(c2cc(-c4ccccc4)cc(-c4ccccc4)c2)C3=O)c1. The molecule has 1 aliphatic rings. The molecular weight excluding hydrogens is 615 g/mol. The van der Waals surface area contributed by atoms with Crippen LogP contribution in [-0.4, -0.2) is 16.4 Å². The van der Waals surface area contributed by atoms with Crippen molar-refractivity contribution < 1.29 is 9.59 Å². The minimum Gasteiger partial charge on any atom is -0.308 e. The van der Waals surface area contributed by atoms with E-state index in [4.69, 9.17) is 6.57 Å². The van der Waals surface area contributed by atoms with Crippen LogP contribution in [0.4, 0.5) is 11.4 Å². The number of hydrogen-bond donors (Lipinski definition) is 0. The van der Waals surface area contributed by atoms with Crippen LogP contribution in [-0.2, 0) is 0 Å². The van der Waals surface area contributed by atoms with Crippen LogP contribution in [0.1, 0.15) is 20.7 Å². The third-order valence-electron chi connectivity index (χ3n) is 9.51. The van der Waals surface area contributed by atoms with Crippen LogP contribution in [0, 0.1) is 6.57 Å². The van der Waals surface area contributed by atoms with Gasteiger partial charge in [0.25, 0.3) is 11.8 Å². The number of aromatic nitrogens is 1. The summed E-state index contributed by atoms with van der Waals surface area (Å²) >= 11 is 0. The molecule has 5 heteroatoms. The highest BCUT2D eigenvalue weighted by molar-refractivity contribution is 6.36. The van der Waals surface area contributed by atoms with Gasteiger partial charge in [-0.25, -0.2) is 9.74 Å². The van der Waals surface area contributed by atoms with E-state index in [1.54, 1.807) is 12.1 Å². The fourth-order valence-corrected chi connectivity index (χ4v) is 7.19. The normalized spacial score (nSPS) is 12.4. The molecular formula is C45H27N3O2. The second kappa shape index (κ2) is 11.6. The molecule has 0 N–H and O–H groups in total. The Hall–Kier alpha value is -7.03. The van der Waals surface area contributed by atoms with E-state index in [9.17, 15) is 9.59 Å². The van der Waals surface area contributed by atoms with Crippen molar-refractivity contribution in [2.45, 2.75) is 0 Å². The highest BCUT2D eigenvalue weighted by Crippen LogP contribution is 2.41. The minimum absolute atomic E-state index is 0.348. The van der Waals surface area contributed by atoms with Gasteiger partial charge in [0.05, 0.1) is 40.1 Å². The average Bonchev–Trinajstić information content (AvgIpc) is 3.65. The quantitative estimate of drug-likeness (QED) is 0.139. The molecule has 1 aromatic heterocycles. The van der Waals surface area contributed by atoms with E-state index in [0.29, 0.717) is 28.2 Å². The molecule has 9 rings (SSSR count). The summed E-state index contributed by atoms with van der Waals surface area (Å²) in [5.74, 6) is -0.706. The summed E-state index contributed by atoms with van der Waals surface area (Å²) in [6.07, 6.45) is 0. The molecule has 0 radical (unpaired) electrons. The summed E-state index contributed by atoms with van der Waals surface area (Å²) in [7, 11) is 0. The topological polar surface area (TPSA) is 46.7 Å². The van der Waals surface area contributed by atoms with Crippen LogP contribution >= 0.6 is 0 Å². The first-order chi connectivity index (χ1) is 24.6. The molecule has 234 valence electrons. The summed E-state index contributed by atoms with van der Waals surface area (Å²) < 4.78 is 2.09. The molecule has 2 amide bonds. The van der Waals surface area contributed by atoms with Gasteiger partial charge >= 0.3 is 0 Å². The Balaban J connectivity index is 1.21. The van der Waals surface area contributed by atoms with Crippen molar-refractivity contribution in [3.8, 4) is 39.1 Å². The largest absolute Gasteiger partial charge is 0.308 e. The summed E-state index contributed by atoms with van der Waals surface area (Å²) in [5, 5.41) is 2.04. The van der Waals surface area contributed by atoms with Crippen LogP contribution in [0.5, 0.6) is 0 Å². The first-order valence-corrected chi connectivity index (χ1v) is 16.4. The van der Waals surface area contributed by atoms with Gasteiger partial charge in [-0.2, -0.15) is 0 Å². The van der Waals surface area contributed by atoms with Crippen LogP contribution in [0.2, 0.25) is 0 Å². The van der Waals surface area contributed by atoms with Gasteiger partial charge in [-0.05, 0) is 88.0 Å². The maximum atomic E-state index is 14.7. The van der Waals surface area contributed by atoms with Gasteiger partial charge in [-0.15, -0.1) is 0 Å². The number of nitrogens with zero attached hydrogens (tertiary/aromatic N) is 3. The lowest BCUT2D eigenvalue weighted by molar-refractivity contribution is 0.0926. The summed E-state index contributed by atoms with van der Waals surface area (Å²) in [4.78, 5) is 33.9. The molecule has 0 bridgehead atoms. The van der Waals surface area contributed by atoms with Crippen LogP contribution < -0.4 is 4.90 Å². The van der Waals surface area contributed by atoms with Crippen molar-refractivity contribution >= 4 is 45.0 Å². The Labute approximate surface area is 288 Å². The van der Waals surface area contributed by atoms with Crippen molar-refractivity contribution in [2.24, 2.45) is 0 Å². The maximum absolute atomic E-state index is 14.7. The van der Waals surface area contributed by atoms with Crippen molar-refractivity contribution in [3.63, 3.8) is 0 Å². The van der Waals surface area contributed by atoms with Gasteiger partial charge in [-0.3, -0.25) is 9.59 Å². The number of imide groups is 1. The van der Waals surface area contributed by atoms with Gasteiger partial charge in [0, 0.05) is 10.8 Å². The van der Waals surface area contributed by atoms with Crippen molar-refractivity contribution in [1.82, 2.24) is 4.57 Å². The number of carbonyl (C=O) groups excluding carboxylic acids is 2. The molecule has 0 saturated heterocycles. The Bertz CT molecular complexity index is 2640. The third kappa shape index (κ3) is 4.62. The van der Waals surface area contributed by atoms with E-state index in [0.717, 1.165) is 55.2 Å². The summed E-state index contributed by atoms with van der Waals surface area (Å²) in [5.41, 5.74) is 10.1. The number of carbonyl (C=O) groups is 2. The number of anilines is 1. The first kappa shape index (κ1) is 29.1. The van der Waals surface area contributed by atoms with Crippen molar-refractivity contribution in [1.29, 1.82) is 0 Å². The van der Waals surface area contributed by atoms with Gasteiger partial charge in [0.2, 0.25) is 0 Å². The summed E-state index contributed by atoms with van der Waals surface area (Å²) in [6.45, 7) is 7.47. The lowest BCUT2D eigenvalue weighted by Crippen LogP contribution is -2.29. The first-order valence-electron chi connectivity index (χ1n) is 16.4. The van der Waals surface area contributed by atoms with E-state index in [1.165, 1.54) is 4.90 Å². The molecule has 1 aliphatic heterocycles. The highest BCUT2D eigenvalue weighted by Gasteiger charge is 2.39. The molecule has 0 unspecified atom stereocenters. The van der Waals surface area contributed by atoms with Crippen LogP contribution in [0.3, 0.4) is 0 Å². The molecule has 0 aliphatic carbocycles. The Morgan fingerprint density at radius 1 is 0.460 bits per heavy atom. The van der Waals surface area contributed by atoms with E-state index in [2.05, 4.69) is 33.7 Å². The number of benzene rings is 7. The zero-order valence-electron chi connectivity index (χ0n) is 26.7. The number of para-hydroxylation sites is 1. The fourth-order valence-electron chi connectivity index (χ4n) is 7.19. The molecule has 8 aromatic rings. The predicted octanol–water partition coefficient (Wildman–Crippen LogP) is 11.1. The lowest BCUT2D eigenvalue weighted by Gasteiger charge is -2.18. The zero-order chi connectivity index (χ0) is 33.8. The van der Waals surface area contributed by atoms with Crippen molar-refractivity contribution in [2.75, 3.05) is 4.90 Å². The second-order valence-electron chi connectivity index (χ2n) is 12.4. The molecule has 0 saturated carbocycles. The predicted molar refractivity (Wildman–Crippen MR) is 201 cm³/mol. The highest BCUT2D eigenvalue weighted by atomic mass is 16.2. The van der Waals surface area contributed by atoms with E-state index in [1.807, 2.05) is 127 Å². The number of amides is 2. The van der Waals surface area contributed by atoms with Crippen LogP contribution in [0.15, 0.2) is 164 Å². The van der Waals surface area contributed by atoms with E-state index >= 15 is 0 Å². The van der Waals surface area contributed by atoms with Gasteiger partial charge < -0.3 is 4.57 Å². The zero-order valence-corrected chi connectivity index (χ0v) is 26.7. The third-order valence-corrected chi connectivity index (χ3v) is 9.51. The fraction of sp³-hybridized carbons (Fsp3) is 0. The monoisotopic (exact) mass is 641 g/mol. The lowest BCUT2D eigenvalue weighted by atomic mass is 9.97. The molecule has 50 heavy (non-hydrogen) atoms. The Morgan fingerprint density at radius 2 is 1.08 bits per heavy atom. The smallest absolute Gasteiger partial charge is 0.268 e. The Kier molecular flexibility index (Phi) is 6.75. The number of fused-ring (bicyclic) bond motifs is 4. The Morgan fingerprint density at radius 3 is 1.80 bits per heavy atom. The minimum atomic E-state index is -0.358. The summed E-state index contributed by atoms with van der Waals surface area (Å²) in [6, 6.07) is 53.4. The van der Waals surface area contributed by atoms with Crippen LogP contribution in [0.25, 0.3) is 65.7 Å². The molecule has 0 fully saturated rings. The molecule has 5 nitrogen and oxygen atoms in total. The number of hydrogen-bond acceptors (Lipinski definition) is 2. The maximum Gasteiger partial charge on any atom is 0.268 e. The standard InChI is InChI=1S/C45H27N3O2/c1-46-35-17-10-16-31(25-35)32-22-23-41-39(28-32)37-18-8-9-20-40(37)48(41)42-21-11-19-38-43(42)45(50)47(44(38)49)36-26-33(29-12-4-2-5-13-29)24-34(27-36)30-14-6-3-7-15-30/h2-28H. The van der Waals surface area contributed by atoms with Crippen molar-refractivity contribution in [3.05, 3.63) is 186 Å². The van der Waals surface area contributed by atoms with E-state index in [-0.39, 0.29) is 11.8 Å². The average molecular weight is 642 g/mol. The second-order valence-corrected chi connectivity index (χ2v) is 12.4. The van der Waals surface area contributed by atoms with Gasteiger partial charge in [0.1, 0.15) is 0 Å². The van der Waals surface area contributed by atoms with Gasteiger partial charge in [0.15, 0.2) is 5.69 Å². The molecule has 7 aromatic carbocycles. The van der Waals surface area contributed by atoms with Gasteiger partial charge in [-0.1, -0.05) is 109 Å². The molecule has 0 spiro atoms. The van der Waals surface area contributed by atoms with E-state index < -0.39 is 0 Å². The molecule has 0 atom stereocenters. The molecule has 2 heterocycles.